The number of aromatic amines is 1. The summed E-state index contributed by atoms with van der Waals surface area (Å²) in [6.07, 6.45) is 2.89. The molecule has 2 aromatic carbocycles. The average molecular weight is 385 g/mol. The van der Waals surface area contributed by atoms with E-state index in [0.717, 1.165) is 5.56 Å². The number of carbonyl (C=O) groups is 1. The molecule has 3 aromatic rings. The van der Waals surface area contributed by atoms with Gasteiger partial charge < -0.3 is 9.72 Å². The van der Waals surface area contributed by atoms with Gasteiger partial charge in [0.2, 0.25) is 0 Å². The van der Waals surface area contributed by atoms with Crippen LogP contribution in [0.3, 0.4) is 0 Å². The molecular weight excluding hydrogens is 366 g/mol. The summed E-state index contributed by atoms with van der Waals surface area (Å²) in [5.41, 5.74) is 2.39. The van der Waals surface area contributed by atoms with Crippen LogP contribution in [0.15, 0.2) is 59.9 Å². The van der Waals surface area contributed by atoms with Gasteiger partial charge in [0.15, 0.2) is 5.78 Å². The number of hydrogen-bond acceptors (Lipinski definition) is 5. The average Bonchev–Trinajstić information content (AvgIpc) is 3.18. The molecule has 8 heteroatoms. The fraction of sp³-hybridized carbons (Fsp3) is 0.158. The minimum absolute atomic E-state index is 0.0273. The fourth-order valence-corrected chi connectivity index (χ4v) is 3.84. The molecule has 1 aromatic heterocycles. The van der Waals surface area contributed by atoms with Crippen molar-refractivity contribution in [1.82, 2.24) is 9.97 Å². The minimum atomic E-state index is -3.89. The zero-order chi connectivity index (χ0) is 19.4. The number of imidazole rings is 1. The molecule has 0 saturated carbocycles. The number of benzene rings is 2. The third-order valence-electron chi connectivity index (χ3n) is 3.98. The van der Waals surface area contributed by atoms with Gasteiger partial charge in [-0.1, -0.05) is 23.8 Å². The maximum absolute atomic E-state index is 12.8. The number of ether oxygens (including phenoxy) is 1. The van der Waals surface area contributed by atoms with Gasteiger partial charge in [0.25, 0.3) is 10.0 Å². The summed E-state index contributed by atoms with van der Waals surface area (Å²) < 4.78 is 33.4. The zero-order valence-electron chi connectivity index (χ0n) is 14.9. The van der Waals surface area contributed by atoms with Crippen LogP contribution in [0.2, 0.25) is 0 Å². The molecule has 2 N–H and O–H groups in total. The molecule has 140 valence electrons. The maximum Gasteiger partial charge on any atom is 0.265 e. The Kier molecular flexibility index (Phi) is 5.27. The number of sulfonamides is 1. The molecule has 7 nitrogen and oxygen atoms in total. The first-order chi connectivity index (χ1) is 12.9. The molecular formula is C19H19N3O4S. The molecule has 0 atom stereocenters. The Balaban J connectivity index is 1.90. The van der Waals surface area contributed by atoms with E-state index < -0.39 is 10.0 Å². The number of rotatable bonds is 7. The van der Waals surface area contributed by atoms with Gasteiger partial charge in [0, 0.05) is 12.1 Å². The Labute approximate surface area is 157 Å². The zero-order valence-corrected chi connectivity index (χ0v) is 15.7. The number of nitrogens with one attached hydrogen (secondary N) is 2. The SMILES string of the molecule is COc1ccc(CC(=O)c2cnc[nH]2)cc1S(=O)(=O)Nc1ccc(C)cc1. The second-order valence-corrected chi connectivity index (χ2v) is 7.67. The number of aromatic nitrogens is 2. The van der Waals surface area contributed by atoms with Crippen LogP contribution in [0.1, 0.15) is 21.6 Å². The molecule has 0 fully saturated rings. The summed E-state index contributed by atoms with van der Waals surface area (Å²) in [6, 6.07) is 11.7. The Hall–Kier alpha value is -3.13. The van der Waals surface area contributed by atoms with E-state index in [1.165, 1.54) is 25.7 Å². The highest BCUT2D eigenvalue weighted by Gasteiger charge is 2.21. The van der Waals surface area contributed by atoms with E-state index in [4.69, 9.17) is 4.74 Å². The van der Waals surface area contributed by atoms with Gasteiger partial charge >= 0.3 is 0 Å². The standard InChI is InChI=1S/C19H19N3O4S/c1-13-3-6-15(7-4-13)22-27(24,25)19-10-14(5-8-18(19)26-2)9-17(23)16-11-20-12-21-16/h3-8,10-12,22H,9H2,1-2H3,(H,20,21). The van der Waals surface area contributed by atoms with Gasteiger partial charge in [-0.15, -0.1) is 0 Å². The quantitative estimate of drug-likeness (QED) is 0.609. The van der Waals surface area contributed by atoms with E-state index in [1.54, 1.807) is 24.3 Å². The summed E-state index contributed by atoms with van der Waals surface area (Å²) in [5.74, 6) is 0.0138. The number of nitrogens with zero attached hydrogens (tertiary/aromatic N) is 1. The van der Waals surface area contributed by atoms with Crippen LogP contribution in [0, 0.1) is 6.92 Å². The summed E-state index contributed by atoms with van der Waals surface area (Å²) >= 11 is 0. The van der Waals surface area contributed by atoms with Crippen LogP contribution in [-0.2, 0) is 16.4 Å². The lowest BCUT2D eigenvalue weighted by Gasteiger charge is -2.13. The Morgan fingerprint density at radius 2 is 1.93 bits per heavy atom. The van der Waals surface area contributed by atoms with Crippen molar-refractivity contribution in [2.75, 3.05) is 11.8 Å². The molecule has 0 aliphatic heterocycles. The molecule has 3 rings (SSSR count). The van der Waals surface area contributed by atoms with E-state index in [2.05, 4.69) is 14.7 Å². The van der Waals surface area contributed by atoms with Crippen LogP contribution < -0.4 is 9.46 Å². The van der Waals surface area contributed by atoms with Crippen molar-refractivity contribution in [2.24, 2.45) is 0 Å². The van der Waals surface area contributed by atoms with E-state index in [9.17, 15) is 13.2 Å². The second-order valence-electron chi connectivity index (χ2n) is 6.02. The van der Waals surface area contributed by atoms with Gasteiger partial charge in [-0.25, -0.2) is 13.4 Å². The number of methoxy groups -OCH3 is 1. The predicted octanol–water partition coefficient (Wildman–Crippen LogP) is 2.95. The lowest BCUT2D eigenvalue weighted by Crippen LogP contribution is -2.15. The second kappa shape index (κ2) is 7.63. The number of carbonyl (C=O) groups excluding carboxylic acids is 1. The van der Waals surface area contributed by atoms with Gasteiger partial charge in [0.05, 0.1) is 19.6 Å². The first kappa shape index (κ1) is 18.7. The molecule has 0 aliphatic carbocycles. The van der Waals surface area contributed by atoms with E-state index in [1.807, 2.05) is 19.1 Å². The summed E-state index contributed by atoms with van der Waals surface area (Å²) in [5, 5.41) is 0. The predicted molar refractivity (Wildman–Crippen MR) is 102 cm³/mol. The van der Waals surface area contributed by atoms with Crippen LogP contribution in [0.5, 0.6) is 5.75 Å². The van der Waals surface area contributed by atoms with Gasteiger partial charge in [-0.3, -0.25) is 9.52 Å². The summed E-state index contributed by atoms with van der Waals surface area (Å²) in [7, 11) is -2.49. The molecule has 0 saturated heterocycles. The molecule has 0 bridgehead atoms. The molecule has 0 radical (unpaired) electrons. The molecule has 0 spiro atoms. The van der Waals surface area contributed by atoms with Crippen molar-refractivity contribution in [1.29, 1.82) is 0 Å². The highest BCUT2D eigenvalue weighted by atomic mass is 32.2. The maximum atomic E-state index is 12.8. The number of anilines is 1. The smallest absolute Gasteiger partial charge is 0.265 e. The van der Waals surface area contributed by atoms with E-state index >= 15 is 0 Å². The van der Waals surface area contributed by atoms with Crippen LogP contribution in [-0.4, -0.2) is 31.3 Å². The van der Waals surface area contributed by atoms with Crippen LogP contribution >= 0.6 is 0 Å². The van der Waals surface area contributed by atoms with Crippen LogP contribution in [0.25, 0.3) is 0 Å². The third-order valence-corrected chi connectivity index (χ3v) is 5.39. The topological polar surface area (TPSA) is 101 Å². The summed E-state index contributed by atoms with van der Waals surface area (Å²) in [6.45, 7) is 1.92. The first-order valence-corrected chi connectivity index (χ1v) is 9.65. The minimum Gasteiger partial charge on any atom is -0.495 e. The highest BCUT2D eigenvalue weighted by molar-refractivity contribution is 7.92. The van der Waals surface area contributed by atoms with Crippen molar-refractivity contribution in [3.8, 4) is 5.75 Å². The molecule has 0 unspecified atom stereocenters. The fourth-order valence-electron chi connectivity index (χ4n) is 2.56. The molecule has 1 heterocycles. The van der Waals surface area contributed by atoms with Crippen molar-refractivity contribution in [2.45, 2.75) is 18.2 Å². The Morgan fingerprint density at radius 3 is 2.56 bits per heavy atom. The Morgan fingerprint density at radius 1 is 1.19 bits per heavy atom. The van der Waals surface area contributed by atoms with Crippen molar-refractivity contribution in [3.63, 3.8) is 0 Å². The van der Waals surface area contributed by atoms with Gasteiger partial charge in [-0.2, -0.15) is 0 Å². The van der Waals surface area contributed by atoms with Crippen molar-refractivity contribution in [3.05, 3.63) is 71.8 Å². The Bertz CT molecular complexity index is 1040. The first-order valence-electron chi connectivity index (χ1n) is 8.17. The molecule has 27 heavy (non-hydrogen) atoms. The third kappa shape index (κ3) is 4.35. The van der Waals surface area contributed by atoms with Gasteiger partial charge in [-0.05, 0) is 36.8 Å². The van der Waals surface area contributed by atoms with Gasteiger partial charge in [0.1, 0.15) is 16.3 Å². The van der Waals surface area contributed by atoms with Crippen LogP contribution in [0.4, 0.5) is 5.69 Å². The summed E-state index contributed by atoms with van der Waals surface area (Å²) in [4.78, 5) is 18.8. The normalized spacial score (nSPS) is 11.2. The lowest BCUT2D eigenvalue weighted by atomic mass is 10.1. The molecule has 0 aliphatic rings. The number of hydrogen-bond donors (Lipinski definition) is 2. The van der Waals surface area contributed by atoms with E-state index in [0.29, 0.717) is 16.9 Å². The molecule has 0 amide bonds. The van der Waals surface area contributed by atoms with Crippen molar-refractivity contribution < 1.29 is 17.9 Å². The monoisotopic (exact) mass is 385 g/mol. The lowest BCUT2D eigenvalue weighted by molar-refractivity contribution is 0.0988. The largest absolute Gasteiger partial charge is 0.495 e. The van der Waals surface area contributed by atoms with E-state index in [-0.39, 0.29) is 22.8 Å². The van der Waals surface area contributed by atoms with Crippen molar-refractivity contribution >= 4 is 21.5 Å². The highest BCUT2D eigenvalue weighted by Crippen LogP contribution is 2.27. The number of aryl methyl sites for hydroxylation is 1. The number of Topliss-reactive ketones (excluding diaryl/α,β-unsaturated/α-hetero) is 1. The number of H-pyrrole nitrogens is 1. The number of ketones is 1.